The largest absolute Gasteiger partial charge is 0.394 e. The number of aliphatic hydroxyl groups is 1. The Morgan fingerprint density at radius 1 is 1.50 bits per heavy atom. The summed E-state index contributed by atoms with van der Waals surface area (Å²) >= 11 is 1.88. The van der Waals surface area contributed by atoms with Gasteiger partial charge in [-0.1, -0.05) is 18.0 Å². The van der Waals surface area contributed by atoms with Crippen LogP contribution in [-0.4, -0.2) is 27.1 Å². The molecule has 0 amide bonds. The molecule has 0 spiro atoms. The molecule has 1 unspecified atom stereocenters. The molecule has 0 aromatic carbocycles. The number of thioether (sulfide) groups is 1. The molecule has 1 heterocycles. The molecule has 6 heteroatoms. The van der Waals surface area contributed by atoms with E-state index in [1.54, 1.807) is 0 Å². The molecule has 1 aliphatic rings. The van der Waals surface area contributed by atoms with E-state index in [1.165, 1.54) is 25.7 Å². The van der Waals surface area contributed by atoms with E-state index in [0.717, 1.165) is 11.0 Å². The van der Waals surface area contributed by atoms with Crippen molar-refractivity contribution >= 4 is 11.8 Å². The molecule has 0 bridgehead atoms. The monoisotopic (exact) mass is 243 g/mol. The molecule has 90 valence electrons. The number of nitrogens with two attached hydrogens (primary N) is 1. The second-order valence-corrected chi connectivity index (χ2v) is 5.34. The first-order chi connectivity index (χ1) is 7.79. The molecule has 0 aliphatic heterocycles. The van der Waals surface area contributed by atoms with Crippen molar-refractivity contribution in [3.63, 3.8) is 0 Å². The van der Waals surface area contributed by atoms with Gasteiger partial charge in [0.2, 0.25) is 5.89 Å². The van der Waals surface area contributed by atoms with Gasteiger partial charge in [-0.15, -0.1) is 0 Å². The summed E-state index contributed by atoms with van der Waals surface area (Å²) in [6.07, 6.45) is 5.27. The molecule has 2 rings (SSSR count). The Labute approximate surface area is 98.8 Å². The standard InChI is InChI=1S/C10H17N3O2S/c11-8(5-14)10-12-9(13-15-10)6-16-7-3-1-2-4-7/h7-8,14H,1-6,11H2. The first kappa shape index (κ1) is 11.9. The number of hydrogen-bond acceptors (Lipinski definition) is 6. The average molecular weight is 243 g/mol. The fraction of sp³-hybridized carbons (Fsp3) is 0.800. The summed E-state index contributed by atoms with van der Waals surface area (Å²) in [6.45, 7) is -0.169. The lowest BCUT2D eigenvalue weighted by Gasteiger charge is -2.05. The molecule has 1 aromatic rings. The Balaban J connectivity index is 1.82. The van der Waals surface area contributed by atoms with Gasteiger partial charge in [0.15, 0.2) is 5.82 Å². The van der Waals surface area contributed by atoms with E-state index in [-0.39, 0.29) is 6.61 Å². The summed E-state index contributed by atoms with van der Waals surface area (Å²) in [5, 5.41) is 13.4. The third-order valence-electron chi connectivity index (χ3n) is 2.75. The van der Waals surface area contributed by atoms with Crippen molar-refractivity contribution in [2.45, 2.75) is 42.7 Å². The van der Waals surface area contributed by atoms with Gasteiger partial charge < -0.3 is 15.4 Å². The molecule has 3 N–H and O–H groups in total. The fourth-order valence-electron chi connectivity index (χ4n) is 1.80. The van der Waals surface area contributed by atoms with Crippen LogP contribution in [0.4, 0.5) is 0 Å². The summed E-state index contributed by atoms with van der Waals surface area (Å²) in [5.74, 6) is 1.77. The zero-order valence-corrected chi connectivity index (χ0v) is 9.95. The van der Waals surface area contributed by atoms with Crippen LogP contribution in [0.1, 0.15) is 43.4 Å². The van der Waals surface area contributed by atoms with Crippen LogP contribution in [-0.2, 0) is 5.75 Å². The molecule has 16 heavy (non-hydrogen) atoms. The number of hydrogen-bond donors (Lipinski definition) is 2. The molecule has 1 aliphatic carbocycles. The maximum Gasteiger partial charge on any atom is 0.245 e. The Morgan fingerprint density at radius 2 is 2.25 bits per heavy atom. The number of rotatable bonds is 5. The second-order valence-electron chi connectivity index (χ2n) is 4.06. The lowest BCUT2D eigenvalue weighted by molar-refractivity contribution is 0.236. The van der Waals surface area contributed by atoms with Gasteiger partial charge in [0.1, 0.15) is 6.04 Å². The molecular formula is C10H17N3O2S. The van der Waals surface area contributed by atoms with Crippen molar-refractivity contribution in [1.82, 2.24) is 10.1 Å². The van der Waals surface area contributed by atoms with Crippen molar-refractivity contribution in [3.05, 3.63) is 11.7 Å². The van der Waals surface area contributed by atoms with Crippen LogP contribution >= 0.6 is 11.8 Å². The van der Waals surface area contributed by atoms with E-state index < -0.39 is 6.04 Å². The highest BCUT2D eigenvalue weighted by molar-refractivity contribution is 7.99. The topological polar surface area (TPSA) is 85.2 Å². The highest BCUT2D eigenvalue weighted by atomic mass is 32.2. The molecule has 1 saturated carbocycles. The van der Waals surface area contributed by atoms with Crippen LogP contribution in [0.25, 0.3) is 0 Å². The Morgan fingerprint density at radius 3 is 2.94 bits per heavy atom. The van der Waals surface area contributed by atoms with Gasteiger partial charge in [-0.05, 0) is 12.8 Å². The summed E-state index contributed by atoms with van der Waals surface area (Å²) in [7, 11) is 0. The molecule has 0 saturated heterocycles. The van der Waals surface area contributed by atoms with Crippen LogP contribution in [0.5, 0.6) is 0 Å². The fourth-order valence-corrected chi connectivity index (χ4v) is 2.97. The van der Waals surface area contributed by atoms with Crippen LogP contribution in [0.3, 0.4) is 0 Å². The molecule has 1 aromatic heterocycles. The number of aliphatic hydroxyl groups excluding tert-OH is 1. The van der Waals surface area contributed by atoms with Crippen molar-refractivity contribution < 1.29 is 9.63 Å². The van der Waals surface area contributed by atoms with E-state index in [2.05, 4.69) is 10.1 Å². The van der Waals surface area contributed by atoms with Gasteiger partial charge >= 0.3 is 0 Å². The van der Waals surface area contributed by atoms with Crippen LogP contribution < -0.4 is 5.73 Å². The number of nitrogens with zero attached hydrogens (tertiary/aromatic N) is 2. The van der Waals surface area contributed by atoms with Crippen molar-refractivity contribution in [2.75, 3.05) is 6.61 Å². The summed E-state index contributed by atoms with van der Waals surface area (Å²) in [4.78, 5) is 4.16. The van der Waals surface area contributed by atoms with Gasteiger partial charge in [0.25, 0.3) is 0 Å². The van der Waals surface area contributed by atoms with Gasteiger partial charge in [-0.25, -0.2) is 0 Å². The van der Waals surface area contributed by atoms with E-state index in [0.29, 0.717) is 11.7 Å². The van der Waals surface area contributed by atoms with Crippen molar-refractivity contribution in [1.29, 1.82) is 0 Å². The lowest BCUT2D eigenvalue weighted by atomic mass is 10.3. The quantitative estimate of drug-likeness (QED) is 0.809. The van der Waals surface area contributed by atoms with Gasteiger partial charge in [-0.2, -0.15) is 16.7 Å². The van der Waals surface area contributed by atoms with E-state index in [4.69, 9.17) is 15.4 Å². The molecule has 1 atom stereocenters. The lowest BCUT2D eigenvalue weighted by Crippen LogP contribution is -2.14. The average Bonchev–Trinajstić information content (AvgIpc) is 2.96. The molecule has 1 fully saturated rings. The first-order valence-corrected chi connectivity index (χ1v) is 6.65. The predicted octanol–water partition coefficient (Wildman–Crippen LogP) is 1.24. The Bertz CT molecular complexity index is 326. The van der Waals surface area contributed by atoms with E-state index >= 15 is 0 Å². The van der Waals surface area contributed by atoms with Gasteiger partial charge in [-0.3, -0.25) is 0 Å². The summed E-state index contributed by atoms with van der Waals surface area (Å²) < 4.78 is 4.97. The normalized spacial score (nSPS) is 19.1. The smallest absolute Gasteiger partial charge is 0.245 e. The van der Waals surface area contributed by atoms with Crippen molar-refractivity contribution in [2.24, 2.45) is 5.73 Å². The van der Waals surface area contributed by atoms with Crippen LogP contribution in [0, 0.1) is 0 Å². The van der Waals surface area contributed by atoms with Crippen molar-refractivity contribution in [3.8, 4) is 0 Å². The summed E-state index contributed by atoms with van der Waals surface area (Å²) in [5.41, 5.74) is 5.57. The summed E-state index contributed by atoms with van der Waals surface area (Å²) in [6, 6.07) is -0.558. The Kier molecular flexibility index (Phi) is 4.20. The highest BCUT2D eigenvalue weighted by Crippen LogP contribution is 2.31. The SMILES string of the molecule is NC(CO)c1nc(CSC2CCCC2)no1. The predicted molar refractivity (Wildman–Crippen MR) is 61.9 cm³/mol. The maximum atomic E-state index is 8.84. The maximum absolute atomic E-state index is 8.84. The van der Waals surface area contributed by atoms with E-state index in [1.807, 2.05) is 11.8 Å². The third kappa shape index (κ3) is 2.96. The number of aromatic nitrogens is 2. The minimum atomic E-state index is -0.558. The van der Waals surface area contributed by atoms with Gasteiger partial charge in [0.05, 0.1) is 12.4 Å². The highest BCUT2D eigenvalue weighted by Gasteiger charge is 2.18. The van der Waals surface area contributed by atoms with E-state index in [9.17, 15) is 0 Å². The molecule has 0 radical (unpaired) electrons. The van der Waals surface area contributed by atoms with Gasteiger partial charge in [0, 0.05) is 5.25 Å². The molecule has 5 nitrogen and oxygen atoms in total. The van der Waals surface area contributed by atoms with Crippen LogP contribution in [0.2, 0.25) is 0 Å². The Hall–Kier alpha value is -0.590. The minimum Gasteiger partial charge on any atom is -0.394 e. The zero-order chi connectivity index (χ0) is 11.4. The third-order valence-corrected chi connectivity index (χ3v) is 4.12. The van der Waals surface area contributed by atoms with Crippen LogP contribution in [0.15, 0.2) is 4.52 Å². The minimum absolute atomic E-state index is 0.169. The second kappa shape index (κ2) is 5.65. The zero-order valence-electron chi connectivity index (χ0n) is 9.13. The molecular weight excluding hydrogens is 226 g/mol. The first-order valence-electron chi connectivity index (χ1n) is 5.60.